The van der Waals surface area contributed by atoms with Crippen molar-refractivity contribution in [1.29, 1.82) is 0 Å². The first kappa shape index (κ1) is 11.3. The molecule has 78 valence electrons. The van der Waals surface area contributed by atoms with Crippen LogP contribution in [0.3, 0.4) is 0 Å². The van der Waals surface area contributed by atoms with Crippen molar-refractivity contribution in [3.63, 3.8) is 0 Å². The SMILES string of the molecule is CC(C)OC(=O)C#Cc1ccc(F)cc1. The third-order valence-corrected chi connectivity index (χ3v) is 1.50. The van der Waals surface area contributed by atoms with E-state index in [9.17, 15) is 9.18 Å². The molecule has 0 aliphatic heterocycles. The van der Waals surface area contributed by atoms with Gasteiger partial charge in [0.05, 0.1) is 6.10 Å². The number of rotatable bonds is 1. The van der Waals surface area contributed by atoms with E-state index >= 15 is 0 Å². The van der Waals surface area contributed by atoms with Gasteiger partial charge in [0.15, 0.2) is 0 Å². The molecule has 1 rings (SSSR count). The fourth-order valence-electron chi connectivity index (χ4n) is 0.900. The lowest BCUT2D eigenvalue weighted by Crippen LogP contribution is -2.08. The molecule has 0 unspecified atom stereocenters. The molecule has 0 radical (unpaired) electrons. The normalized spacial score (nSPS) is 9.33. The molecule has 0 fully saturated rings. The first-order valence-corrected chi connectivity index (χ1v) is 4.56. The Morgan fingerprint density at radius 3 is 2.47 bits per heavy atom. The summed E-state index contributed by atoms with van der Waals surface area (Å²) in [5.74, 6) is 4.00. The van der Waals surface area contributed by atoms with Gasteiger partial charge in [-0.25, -0.2) is 9.18 Å². The van der Waals surface area contributed by atoms with Gasteiger partial charge in [-0.05, 0) is 38.1 Å². The number of ether oxygens (including phenoxy) is 1. The molecule has 0 heterocycles. The van der Waals surface area contributed by atoms with Gasteiger partial charge >= 0.3 is 5.97 Å². The highest BCUT2D eigenvalue weighted by Crippen LogP contribution is 2.00. The number of halogens is 1. The highest BCUT2D eigenvalue weighted by atomic mass is 19.1. The Labute approximate surface area is 88.1 Å². The molecule has 3 heteroatoms. The molecule has 0 saturated heterocycles. The van der Waals surface area contributed by atoms with E-state index in [4.69, 9.17) is 4.74 Å². The summed E-state index contributed by atoms with van der Waals surface area (Å²) in [6.45, 7) is 3.49. The van der Waals surface area contributed by atoms with Crippen molar-refractivity contribution >= 4 is 5.97 Å². The predicted octanol–water partition coefficient (Wildman–Crippen LogP) is 2.13. The van der Waals surface area contributed by atoms with Crippen LogP contribution < -0.4 is 0 Å². The molecule has 0 saturated carbocycles. The molecule has 0 aliphatic rings. The lowest BCUT2D eigenvalue weighted by atomic mass is 10.2. The topological polar surface area (TPSA) is 26.3 Å². The molecule has 1 aromatic carbocycles. The second-order valence-electron chi connectivity index (χ2n) is 3.21. The van der Waals surface area contributed by atoms with Crippen molar-refractivity contribution in [2.24, 2.45) is 0 Å². The van der Waals surface area contributed by atoms with Gasteiger partial charge in [-0.2, -0.15) is 0 Å². The Hall–Kier alpha value is -1.82. The summed E-state index contributed by atoms with van der Waals surface area (Å²) in [5.41, 5.74) is 0.581. The first-order valence-electron chi connectivity index (χ1n) is 4.56. The van der Waals surface area contributed by atoms with Gasteiger partial charge in [-0.15, -0.1) is 0 Å². The summed E-state index contributed by atoms with van der Waals surface area (Å²) in [5, 5.41) is 0. The molecule has 0 bridgehead atoms. The number of hydrogen-bond acceptors (Lipinski definition) is 2. The molecule has 0 amide bonds. The summed E-state index contributed by atoms with van der Waals surface area (Å²) in [6, 6.07) is 5.59. The second-order valence-corrected chi connectivity index (χ2v) is 3.21. The molecule has 0 spiro atoms. The number of carbonyl (C=O) groups excluding carboxylic acids is 1. The maximum atomic E-state index is 12.5. The zero-order chi connectivity index (χ0) is 11.3. The van der Waals surface area contributed by atoms with Crippen molar-refractivity contribution in [2.75, 3.05) is 0 Å². The molecule has 0 atom stereocenters. The number of esters is 1. The zero-order valence-corrected chi connectivity index (χ0v) is 8.58. The monoisotopic (exact) mass is 206 g/mol. The minimum Gasteiger partial charge on any atom is -0.453 e. The fraction of sp³-hybridized carbons (Fsp3) is 0.250. The van der Waals surface area contributed by atoms with Crippen LogP contribution in [-0.4, -0.2) is 12.1 Å². The average Bonchev–Trinajstić information content (AvgIpc) is 2.16. The van der Waals surface area contributed by atoms with E-state index in [0.717, 1.165) is 0 Å². The van der Waals surface area contributed by atoms with Crippen molar-refractivity contribution in [2.45, 2.75) is 20.0 Å². The molecule has 0 aliphatic carbocycles. The minimum absolute atomic E-state index is 0.181. The Kier molecular flexibility index (Phi) is 3.87. The Morgan fingerprint density at radius 1 is 1.33 bits per heavy atom. The zero-order valence-electron chi connectivity index (χ0n) is 8.58. The smallest absolute Gasteiger partial charge is 0.384 e. The number of benzene rings is 1. The molecule has 0 N–H and O–H groups in total. The summed E-state index contributed by atoms with van der Waals surface area (Å²) in [4.78, 5) is 11.0. The summed E-state index contributed by atoms with van der Waals surface area (Å²) in [6.07, 6.45) is -0.181. The van der Waals surface area contributed by atoms with Crippen LogP contribution >= 0.6 is 0 Å². The highest BCUT2D eigenvalue weighted by molar-refractivity contribution is 5.89. The average molecular weight is 206 g/mol. The van der Waals surface area contributed by atoms with Crippen molar-refractivity contribution in [1.82, 2.24) is 0 Å². The van der Waals surface area contributed by atoms with Crippen LogP contribution in [-0.2, 0) is 9.53 Å². The van der Waals surface area contributed by atoms with Gasteiger partial charge in [-0.1, -0.05) is 5.92 Å². The first-order chi connectivity index (χ1) is 7.08. The van der Waals surface area contributed by atoms with Crippen LogP contribution in [0.1, 0.15) is 19.4 Å². The standard InChI is InChI=1S/C12H11FO2/c1-9(2)15-12(14)8-5-10-3-6-11(13)7-4-10/h3-4,6-7,9H,1-2H3. The number of carbonyl (C=O) groups is 1. The van der Waals surface area contributed by atoms with Crippen LogP contribution in [0.15, 0.2) is 24.3 Å². The van der Waals surface area contributed by atoms with E-state index < -0.39 is 5.97 Å². The Balaban J connectivity index is 2.65. The quantitative estimate of drug-likeness (QED) is 0.519. The second kappa shape index (κ2) is 5.16. The minimum atomic E-state index is -0.575. The molecular weight excluding hydrogens is 195 g/mol. The van der Waals surface area contributed by atoms with Crippen molar-refractivity contribution in [3.8, 4) is 11.8 Å². The third-order valence-electron chi connectivity index (χ3n) is 1.50. The Bertz CT molecular complexity index is 396. The van der Waals surface area contributed by atoms with Crippen LogP contribution in [0, 0.1) is 17.7 Å². The van der Waals surface area contributed by atoms with Crippen LogP contribution in [0.25, 0.3) is 0 Å². The highest BCUT2D eigenvalue weighted by Gasteiger charge is 1.99. The third kappa shape index (κ3) is 4.28. The predicted molar refractivity (Wildman–Crippen MR) is 54.5 cm³/mol. The van der Waals surface area contributed by atoms with Gasteiger partial charge in [0.2, 0.25) is 0 Å². The van der Waals surface area contributed by atoms with Gasteiger partial charge in [-0.3, -0.25) is 0 Å². The summed E-state index contributed by atoms with van der Waals surface area (Å²) in [7, 11) is 0. The maximum Gasteiger partial charge on any atom is 0.384 e. The molecule has 2 nitrogen and oxygen atoms in total. The lowest BCUT2D eigenvalue weighted by Gasteiger charge is -2.01. The number of hydrogen-bond donors (Lipinski definition) is 0. The summed E-state index contributed by atoms with van der Waals surface area (Å²) < 4.78 is 17.3. The van der Waals surface area contributed by atoms with Gasteiger partial charge in [0, 0.05) is 11.5 Å². The molecule has 0 aromatic heterocycles. The summed E-state index contributed by atoms with van der Waals surface area (Å²) >= 11 is 0. The molecule has 15 heavy (non-hydrogen) atoms. The van der Waals surface area contributed by atoms with Crippen LogP contribution in [0.2, 0.25) is 0 Å². The Morgan fingerprint density at radius 2 is 1.93 bits per heavy atom. The lowest BCUT2D eigenvalue weighted by molar-refractivity contribution is -0.140. The fourth-order valence-corrected chi connectivity index (χ4v) is 0.900. The largest absolute Gasteiger partial charge is 0.453 e. The molecule has 1 aromatic rings. The molecular formula is C12H11FO2. The van der Waals surface area contributed by atoms with Gasteiger partial charge < -0.3 is 4.74 Å². The van der Waals surface area contributed by atoms with E-state index in [1.807, 2.05) is 0 Å². The maximum absolute atomic E-state index is 12.5. The van der Waals surface area contributed by atoms with E-state index in [-0.39, 0.29) is 11.9 Å². The van der Waals surface area contributed by atoms with Crippen molar-refractivity contribution in [3.05, 3.63) is 35.6 Å². The van der Waals surface area contributed by atoms with Crippen molar-refractivity contribution < 1.29 is 13.9 Å². The van der Waals surface area contributed by atoms with E-state index in [1.165, 1.54) is 24.3 Å². The van der Waals surface area contributed by atoms with Gasteiger partial charge in [0.1, 0.15) is 5.82 Å². The van der Waals surface area contributed by atoms with Crippen LogP contribution in [0.4, 0.5) is 4.39 Å². The van der Waals surface area contributed by atoms with Crippen LogP contribution in [0.5, 0.6) is 0 Å². The van der Waals surface area contributed by atoms with E-state index in [0.29, 0.717) is 5.56 Å². The van der Waals surface area contributed by atoms with E-state index in [1.54, 1.807) is 13.8 Å². The van der Waals surface area contributed by atoms with Gasteiger partial charge in [0.25, 0.3) is 0 Å². The van der Waals surface area contributed by atoms with E-state index in [2.05, 4.69) is 11.8 Å².